The molecule has 0 aliphatic rings. The lowest BCUT2D eigenvalue weighted by molar-refractivity contribution is -0.118. The van der Waals surface area contributed by atoms with E-state index in [2.05, 4.69) is 52.4 Å². The quantitative estimate of drug-likeness (QED) is 0.224. The molecule has 0 saturated carbocycles. The zero-order valence-corrected chi connectivity index (χ0v) is 21.4. The number of thioether (sulfide) groups is 1. The van der Waals surface area contributed by atoms with Crippen molar-refractivity contribution in [2.24, 2.45) is 0 Å². The number of amides is 1. The first-order valence-corrected chi connectivity index (χ1v) is 12.7. The van der Waals surface area contributed by atoms with Gasteiger partial charge in [0.1, 0.15) is 5.82 Å². The average Bonchev–Trinajstić information content (AvgIpc) is 3.28. The number of carbonyl (C=O) groups is 1. The molecule has 36 heavy (non-hydrogen) atoms. The summed E-state index contributed by atoms with van der Waals surface area (Å²) < 4.78 is 12.6. The summed E-state index contributed by atoms with van der Waals surface area (Å²) in [6.45, 7) is 4.99. The van der Waals surface area contributed by atoms with Gasteiger partial charge in [0.25, 0.3) is 0 Å². The van der Waals surface area contributed by atoms with Crippen LogP contribution in [0.1, 0.15) is 17.0 Å². The van der Waals surface area contributed by atoms with Crippen molar-refractivity contribution in [1.29, 1.82) is 0 Å². The van der Waals surface area contributed by atoms with Crippen LogP contribution in [0.2, 0.25) is 0 Å². The Bertz CT molecular complexity index is 1350. The standard InChI is InChI=1S/C28H30N4O3S/c1-4-16-32-26(18-22-10-7-9-21-8-5-6-11-23(21)22)30-31-28(32)36-19-27(33)29-15-14-20-12-13-24(34-2)25(17-20)35-3/h4-13,17H,1,14-16,18-19H2,2-3H3,(H,29,33). The van der Waals surface area contributed by atoms with Crippen LogP contribution >= 0.6 is 11.8 Å². The predicted molar refractivity (Wildman–Crippen MR) is 144 cm³/mol. The number of fused-ring (bicyclic) bond motifs is 1. The van der Waals surface area contributed by atoms with Gasteiger partial charge in [0.05, 0.1) is 20.0 Å². The van der Waals surface area contributed by atoms with Gasteiger partial charge in [-0.1, -0.05) is 66.4 Å². The fourth-order valence-corrected chi connectivity index (χ4v) is 4.85. The molecular formula is C28H30N4O3S. The second-order valence-corrected chi connectivity index (χ2v) is 9.13. The van der Waals surface area contributed by atoms with Crippen molar-refractivity contribution >= 4 is 28.4 Å². The molecule has 0 radical (unpaired) electrons. The van der Waals surface area contributed by atoms with Gasteiger partial charge in [-0.05, 0) is 40.5 Å². The summed E-state index contributed by atoms with van der Waals surface area (Å²) in [4.78, 5) is 12.5. The number of nitrogens with one attached hydrogen (secondary N) is 1. The van der Waals surface area contributed by atoms with Crippen LogP contribution < -0.4 is 14.8 Å². The molecule has 1 N–H and O–H groups in total. The van der Waals surface area contributed by atoms with Crippen molar-refractivity contribution in [1.82, 2.24) is 20.1 Å². The predicted octanol–water partition coefficient (Wildman–Crippen LogP) is 4.68. The Labute approximate surface area is 215 Å². The highest BCUT2D eigenvalue weighted by atomic mass is 32.2. The molecular weight excluding hydrogens is 472 g/mol. The van der Waals surface area contributed by atoms with Crippen LogP contribution in [-0.2, 0) is 24.2 Å². The number of hydrogen-bond acceptors (Lipinski definition) is 6. The summed E-state index contributed by atoms with van der Waals surface area (Å²) >= 11 is 1.38. The Kier molecular flexibility index (Phi) is 8.62. The van der Waals surface area contributed by atoms with Crippen molar-refractivity contribution in [3.05, 3.63) is 90.3 Å². The van der Waals surface area contributed by atoms with Crippen molar-refractivity contribution in [2.75, 3.05) is 26.5 Å². The SMILES string of the molecule is C=CCn1c(Cc2cccc3ccccc23)nnc1SCC(=O)NCCc1ccc(OC)c(OC)c1. The van der Waals surface area contributed by atoms with Crippen molar-refractivity contribution in [3.63, 3.8) is 0 Å². The van der Waals surface area contributed by atoms with E-state index in [1.54, 1.807) is 14.2 Å². The highest BCUT2D eigenvalue weighted by Gasteiger charge is 2.15. The van der Waals surface area contributed by atoms with Gasteiger partial charge >= 0.3 is 0 Å². The van der Waals surface area contributed by atoms with Gasteiger partial charge < -0.3 is 19.4 Å². The Morgan fingerprint density at radius 3 is 2.67 bits per heavy atom. The maximum Gasteiger partial charge on any atom is 0.230 e. The topological polar surface area (TPSA) is 78.3 Å². The van der Waals surface area contributed by atoms with Gasteiger partial charge in [0.15, 0.2) is 16.7 Å². The molecule has 4 aromatic rings. The third-order valence-electron chi connectivity index (χ3n) is 5.85. The summed E-state index contributed by atoms with van der Waals surface area (Å²) in [5.41, 5.74) is 2.25. The smallest absolute Gasteiger partial charge is 0.230 e. The van der Waals surface area contributed by atoms with E-state index in [9.17, 15) is 4.79 Å². The molecule has 0 spiro atoms. The molecule has 3 aromatic carbocycles. The summed E-state index contributed by atoms with van der Waals surface area (Å²) in [5.74, 6) is 2.42. The number of aromatic nitrogens is 3. The second-order valence-electron chi connectivity index (χ2n) is 8.19. The van der Waals surface area contributed by atoms with E-state index in [1.165, 1.54) is 28.1 Å². The fraction of sp³-hybridized carbons (Fsp3) is 0.250. The highest BCUT2D eigenvalue weighted by molar-refractivity contribution is 7.99. The van der Waals surface area contributed by atoms with Crippen LogP contribution in [-0.4, -0.2) is 47.2 Å². The van der Waals surface area contributed by atoms with Gasteiger partial charge in [0, 0.05) is 19.5 Å². The molecule has 0 aliphatic heterocycles. The first kappa shape index (κ1) is 25.3. The number of methoxy groups -OCH3 is 2. The number of nitrogens with zero attached hydrogens (tertiary/aromatic N) is 3. The normalized spacial score (nSPS) is 10.8. The molecule has 0 fully saturated rings. The van der Waals surface area contributed by atoms with Gasteiger partial charge in [-0.25, -0.2) is 0 Å². The first-order valence-electron chi connectivity index (χ1n) is 11.7. The third kappa shape index (κ3) is 6.07. The number of ether oxygens (including phenoxy) is 2. The molecule has 0 bridgehead atoms. The fourth-order valence-electron chi connectivity index (χ4n) is 4.05. The third-order valence-corrected chi connectivity index (χ3v) is 6.82. The van der Waals surface area contributed by atoms with E-state index >= 15 is 0 Å². The van der Waals surface area contributed by atoms with Gasteiger partial charge in [-0.2, -0.15) is 0 Å². The molecule has 1 heterocycles. The van der Waals surface area contributed by atoms with Crippen LogP contribution in [0.25, 0.3) is 10.8 Å². The number of allylic oxidation sites excluding steroid dienone is 1. The lowest BCUT2D eigenvalue weighted by Crippen LogP contribution is -2.27. The van der Waals surface area contributed by atoms with Crippen LogP contribution in [0.3, 0.4) is 0 Å². The van der Waals surface area contributed by atoms with E-state index in [0.29, 0.717) is 42.6 Å². The lowest BCUT2D eigenvalue weighted by atomic mass is 10.0. The Hall–Kier alpha value is -3.78. The largest absolute Gasteiger partial charge is 0.493 e. The minimum atomic E-state index is -0.0516. The molecule has 0 unspecified atom stereocenters. The monoisotopic (exact) mass is 502 g/mol. The minimum Gasteiger partial charge on any atom is -0.493 e. The van der Waals surface area contributed by atoms with Crippen LogP contribution in [0.15, 0.2) is 78.5 Å². The van der Waals surface area contributed by atoms with Crippen LogP contribution in [0.4, 0.5) is 0 Å². The first-order chi connectivity index (χ1) is 17.6. The summed E-state index contributed by atoms with van der Waals surface area (Å²) in [6.07, 6.45) is 3.17. The Balaban J connectivity index is 1.35. The Morgan fingerprint density at radius 1 is 1.06 bits per heavy atom. The van der Waals surface area contributed by atoms with Gasteiger partial charge in [-0.15, -0.1) is 16.8 Å². The van der Waals surface area contributed by atoms with E-state index in [4.69, 9.17) is 9.47 Å². The molecule has 1 aromatic heterocycles. The van der Waals surface area contributed by atoms with Crippen molar-refractivity contribution < 1.29 is 14.3 Å². The number of carbonyl (C=O) groups excluding carboxylic acids is 1. The average molecular weight is 503 g/mol. The molecule has 7 nitrogen and oxygen atoms in total. The number of hydrogen-bond donors (Lipinski definition) is 1. The van der Waals surface area contributed by atoms with Crippen molar-refractivity contribution in [2.45, 2.75) is 24.5 Å². The van der Waals surface area contributed by atoms with E-state index in [-0.39, 0.29) is 11.7 Å². The molecule has 8 heteroatoms. The maximum absolute atomic E-state index is 12.5. The number of benzene rings is 3. The second kappa shape index (κ2) is 12.3. The number of rotatable bonds is 12. The van der Waals surface area contributed by atoms with E-state index < -0.39 is 0 Å². The molecule has 1 amide bonds. The molecule has 186 valence electrons. The highest BCUT2D eigenvalue weighted by Crippen LogP contribution is 2.27. The summed E-state index contributed by atoms with van der Waals surface area (Å²) in [6, 6.07) is 20.4. The molecule has 4 rings (SSSR count). The minimum absolute atomic E-state index is 0.0516. The van der Waals surface area contributed by atoms with Crippen molar-refractivity contribution in [3.8, 4) is 11.5 Å². The van der Waals surface area contributed by atoms with Gasteiger partial charge in [0.2, 0.25) is 5.91 Å². The van der Waals surface area contributed by atoms with Crippen LogP contribution in [0.5, 0.6) is 11.5 Å². The van der Waals surface area contributed by atoms with E-state index in [1.807, 2.05) is 41.0 Å². The summed E-state index contributed by atoms with van der Waals surface area (Å²) in [7, 11) is 3.22. The molecule has 0 aliphatic carbocycles. The zero-order chi connectivity index (χ0) is 25.3. The lowest BCUT2D eigenvalue weighted by Gasteiger charge is -2.11. The summed E-state index contributed by atoms with van der Waals surface area (Å²) in [5, 5.41) is 14.9. The Morgan fingerprint density at radius 2 is 1.86 bits per heavy atom. The maximum atomic E-state index is 12.5. The molecule has 0 saturated heterocycles. The van der Waals surface area contributed by atoms with E-state index in [0.717, 1.165) is 11.4 Å². The van der Waals surface area contributed by atoms with Gasteiger partial charge in [-0.3, -0.25) is 4.79 Å². The zero-order valence-electron chi connectivity index (χ0n) is 20.6. The van der Waals surface area contributed by atoms with Crippen LogP contribution in [0, 0.1) is 0 Å². The molecule has 0 atom stereocenters.